The Morgan fingerprint density at radius 1 is 0.282 bits per heavy atom. The Bertz CT molecular complexity index is 377. The Hall–Kier alpha value is 0.177. The molecule has 0 fully saturated rings. The van der Waals surface area contributed by atoms with Crippen LogP contribution < -0.4 is 0 Å². The highest BCUT2D eigenvalue weighted by Crippen LogP contribution is 2.30. The van der Waals surface area contributed by atoms with E-state index in [0.29, 0.717) is 0 Å². The molecular formula is C37H78OSi. The minimum Gasteiger partial charge on any atom is -0.420 e. The van der Waals surface area contributed by atoms with E-state index in [0.717, 1.165) is 0 Å². The first-order valence-electron chi connectivity index (χ1n) is 18.8. The second-order valence-corrected chi connectivity index (χ2v) is 17.5. The van der Waals surface area contributed by atoms with Crippen LogP contribution in [0, 0.1) is 0 Å². The lowest BCUT2D eigenvalue weighted by Gasteiger charge is -2.30. The van der Waals surface area contributed by atoms with Crippen molar-refractivity contribution in [1.29, 1.82) is 0 Å². The van der Waals surface area contributed by atoms with E-state index in [9.17, 15) is 0 Å². The molecule has 0 aliphatic carbocycles. The van der Waals surface area contributed by atoms with Gasteiger partial charge in [0.05, 0.1) is 0 Å². The van der Waals surface area contributed by atoms with Gasteiger partial charge < -0.3 is 4.43 Å². The van der Waals surface area contributed by atoms with Crippen LogP contribution in [-0.4, -0.2) is 15.4 Å². The lowest BCUT2D eigenvalue weighted by molar-refractivity contribution is 0.380. The van der Waals surface area contributed by atoms with Crippen molar-refractivity contribution in [2.24, 2.45) is 0 Å². The van der Waals surface area contributed by atoms with E-state index in [1.54, 1.807) is 0 Å². The minimum atomic E-state index is -1.54. The maximum absolute atomic E-state index is 6.52. The summed E-state index contributed by atoms with van der Waals surface area (Å²) >= 11 is 0. The molecule has 1 nitrogen and oxygen atoms in total. The van der Waals surface area contributed by atoms with E-state index < -0.39 is 8.32 Å². The third kappa shape index (κ3) is 28.1. The Balaban J connectivity index is 4.22. The second-order valence-electron chi connectivity index (χ2n) is 13.2. The normalized spacial score (nSPS) is 12.0. The van der Waals surface area contributed by atoms with Gasteiger partial charge in [-0.3, -0.25) is 0 Å². The van der Waals surface area contributed by atoms with Gasteiger partial charge in [-0.2, -0.15) is 0 Å². The van der Waals surface area contributed by atoms with Gasteiger partial charge in [0.2, 0.25) is 0 Å². The molecule has 236 valence electrons. The summed E-state index contributed by atoms with van der Waals surface area (Å²) in [4.78, 5) is 0. The van der Waals surface area contributed by atoms with Crippen molar-refractivity contribution in [2.75, 3.05) is 7.11 Å². The van der Waals surface area contributed by atoms with Crippen LogP contribution in [0.4, 0.5) is 0 Å². The van der Waals surface area contributed by atoms with Gasteiger partial charge in [-0.15, -0.1) is 0 Å². The monoisotopic (exact) mass is 567 g/mol. The third-order valence-electron chi connectivity index (χ3n) is 9.39. The fraction of sp³-hybridized carbons (Fsp3) is 1.00. The molecule has 0 heterocycles. The maximum Gasteiger partial charge on any atom is 0.192 e. The molecule has 0 saturated carbocycles. The van der Waals surface area contributed by atoms with Crippen LogP contribution >= 0.6 is 0 Å². The Labute approximate surface area is 250 Å². The highest BCUT2D eigenvalue weighted by molar-refractivity contribution is 6.73. The smallest absolute Gasteiger partial charge is 0.192 e. The molecule has 0 aromatic rings. The first kappa shape index (κ1) is 39.2. The molecule has 0 atom stereocenters. The van der Waals surface area contributed by atoms with E-state index in [-0.39, 0.29) is 0 Å². The van der Waals surface area contributed by atoms with Crippen molar-refractivity contribution < 1.29 is 4.43 Å². The van der Waals surface area contributed by atoms with Gasteiger partial charge in [0.1, 0.15) is 0 Å². The average Bonchev–Trinajstić information content (AvgIpc) is 2.95. The summed E-state index contributed by atoms with van der Waals surface area (Å²) in [5.41, 5.74) is 0. The fourth-order valence-electron chi connectivity index (χ4n) is 6.49. The van der Waals surface area contributed by atoms with Crippen molar-refractivity contribution in [3.8, 4) is 0 Å². The van der Waals surface area contributed by atoms with Crippen LogP contribution in [0.3, 0.4) is 0 Å². The molecule has 0 bridgehead atoms. The molecule has 0 radical (unpaired) electrons. The van der Waals surface area contributed by atoms with E-state index >= 15 is 0 Å². The van der Waals surface area contributed by atoms with Crippen LogP contribution in [0.5, 0.6) is 0 Å². The number of hydrogen-bond acceptors (Lipinski definition) is 1. The lowest BCUT2D eigenvalue weighted by Crippen LogP contribution is -2.36. The van der Waals surface area contributed by atoms with Gasteiger partial charge >= 0.3 is 0 Å². The molecule has 0 spiro atoms. The Morgan fingerprint density at radius 2 is 0.462 bits per heavy atom. The SMILES string of the molecule is CCCCCCCCCCCC[Si](CCCCCCCCCCCC)(CCCCCCCCCCCC)OC. The van der Waals surface area contributed by atoms with Gasteiger partial charge in [-0.25, -0.2) is 0 Å². The summed E-state index contributed by atoms with van der Waals surface area (Å²) in [7, 11) is 0.552. The van der Waals surface area contributed by atoms with Crippen molar-refractivity contribution in [1.82, 2.24) is 0 Å². The van der Waals surface area contributed by atoms with Gasteiger partial charge in [0.15, 0.2) is 8.32 Å². The quantitative estimate of drug-likeness (QED) is 0.0556. The second kappa shape index (κ2) is 32.7. The predicted octanol–water partition coefficient (Wildman–Crippen LogP) is 14.3. The Kier molecular flexibility index (Phi) is 32.8. The zero-order chi connectivity index (χ0) is 28.5. The number of rotatable bonds is 34. The molecule has 0 rings (SSSR count). The first-order valence-corrected chi connectivity index (χ1v) is 21.3. The van der Waals surface area contributed by atoms with E-state index in [1.165, 1.54) is 211 Å². The Morgan fingerprint density at radius 3 is 0.641 bits per heavy atom. The molecule has 2 heteroatoms. The zero-order valence-electron chi connectivity index (χ0n) is 28.2. The van der Waals surface area contributed by atoms with E-state index in [2.05, 4.69) is 27.9 Å². The standard InChI is InChI=1S/C37H78OSi/c1-5-8-11-14-17-20-23-26-29-32-35-39(38-4,36-33-30-27-24-21-18-15-12-9-6-2)37-34-31-28-25-22-19-16-13-10-7-3/h5-37H2,1-4H3. The highest BCUT2D eigenvalue weighted by Gasteiger charge is 2.32. The molecule has 0 amide bonds. The van der Waals surface area contributed by atoms with Gasteiger partial charge in [-0.1, -0.05) is 213 Å². The largest absolute Gasteiger partial charge is 0.420 e. The number of unbranched alkanes of at least 4 members (excludes halogenated alkanes) is 27. The van der Waals surface area contributed by atoms with Crippen LogP contribution in [0.1, 0.15) is 213 Å². The van der Waals surface area contributed by atoms with Crippen molar-refractivity contribution in [2.45, 2.75) is 232 Å². The maximum atomic E-state index is 6.52. The molecule has 0 saturated heterocycles. The summed E-state index contributed by atoms with van der Waals surface area (Å²) < 4.78 is 6.52. The summed E-state index contributed by atoms with van der Waals surface area (Å²) in [6.07, 6.45) is 43.4. The molecular weight excluding hydrogens is 488 g/mol. The number of hydrogen-bond donors (Lipinski definition) is 0. The molecule has 0 aromatic carbocycles. The summed E-state index contributed by atoms with van der Waals surface area (Å²) in [5.74, 6) is 0. The first-order chi connectivity index (χ1) is 19.2. The highest BCUT2D eigenvalue weighted by atomic mass is 28.4. The molecule has 0 aliphatic rings. The van der Waals surface area contributed by atoms with Crippen molar-refractivity contribution in [3.05, 3.63) is 0 Å². The van der Waals surface area contributed by atoms with Crippen LogP contribution in [-0.2, 0) is 4.43 Å². The zero-order valence-corrected chi connectivity index (χ0v) is 29.2. The minimum absolute atomic E-state index is 1.36. The van der Waals surface area contributed by atoms with Crippen LogP contribution in [0.15, 0.2) is 0 Å². The molecule has 0 unspecified atom stereocenters. The molecule has 0 N–H and O–H groups in total. The predicted molar refractivity (Wildman–Crippen MR) is 183 cm³/mol. The average molecular weight is 567 g/mol. The van der Waals surface area contributed by atoms with E-state index in [1.807, 2.05) is 0 Å². The third-order valence-corrected chi connectivity index (χ3v) is 14.1. The van der Waals surface area contributed by atoms with Gasteiger partial charge in [-0.05, 0) is 18.1 Å². The van der Waals surface area contributed by atoms with Gasteiger partial charge in [0.25, 0.3) is 0 Å². The molecule has 0 aliphatic heterocycles. The van der Waals surface area contributed by atoms with Crippen molar-refractivity contribution in [3.63, 3.8) is 0 Å². The van der Waals surface area contributed by atoms with Crippen molar-refractivity contribution >= 4 is 8.32 Å². The van der Waals surface area contributed by atoms with E-state index in [4.69, 9.17) is 4.43 Å². The summed E-state index contributed by atoms with van der Waals surface area (Å²) in [6.45, 7) is 6.95. The summed E-state index contributed by atoms with van der Waals surface area (Å²) in [6, 6.07) is 4.32. The van der Waals surface area contributed by atoms with Gasteiger partial charge in [0, 0.05) is 7.11 Å². The topological polar surface area (TPSA) is 9.23 Å². The lowest BCUT2D eigenvalue weighted by atomic mass is 10.1. The molecule has 39 heavy (non-hydrogen) atoms. The fourth-order valence-corrected chi connectivity index (χ4v) is 10.5. The summed E-state index contributed by atoms with van der Waals surface area (Å²) in [5, 5.41) is 0. The molecule has 0 aromatic heterocycles. The van der Waals surface area contributed by atoms with Crippen LogP contribution in [0.25, 0.3) is 0 Å². The van der Waals surface area contributed by atoms with Crippen LogP contribution in [0.2, 0.25) is 18.1 Å².